The highest BCUT2D eigenvalue weighted by Gasteiger charge is 2.02. The summed E-state index contributed by atoms with van der Waals surface area (Å²) in [5, 5.41) is 12.0. The summed E-state index contributed by atoms with van der Waals surface area (Å²) >= 11 is 0. The Kier molecular flexibility index (Phi) is 10.5. The lowest BCUT2D eigenvalue weighted by Crippen LogP contribution is -2.16. The second-order valence-corrected chi connectivity index (χ2v) is 4.09. The van der Waals surface area contributed by atoms with Crippen molar-refractivity contribution in [1.29, 1.82) is 0 Å². The smallest absolute Gasteiger partial charge is 0.219 e. The van der Waals surface area contributed by atoms with E-state index in [0.717, 1.165) is 38.5 Å². The molecule has 16 heavy (non-hydrogen) atoms. The van der Waals surface area contributed by atoms with Crippen molar-refractivity contribution in [1.82, 2.24) is 5.32 Å². The van der Waals surface area contributed by atoms with Crippen LogP contribution in [0.15, 0.2) is 0 Å². The van der Waals surface area contributed by atoms with E-state index in [-0.39, 0.29) is 12.0 Å². The molecule has 0 fully saturated rings. The molecule has 0 heterocycles. The van der Waals surface area contributed by atoms with Gasteiger partial charge in [0.2, 0.25) is 5.91 Å². The minimum Gasteiger partial charge on any atom is -0.391 e. The monoisotopic (exact) mass is 231 g/mol. The summed E-state index contributed by atoms with van der Waals surface area (Å²) in [5.74, 6) is 0.121. The Morgan fingerprint density at radius 1 is 1.25 bits per heavy atom. The van der Waals surface area contributed by atoms with Gasteiger partial charge in [-0.15, -0.1) is 0 Å². The molecule has 1 amide bonds. The van der Waals surface area contributed by atoms with Crippen LogP contribution in [0, 0.1) is 0 Å². The van der Waals surface area contributed by atoms with Crippen LogP contribution in [0.4, 0.5) is 0 Å². The van der Waals surface area contributed by atoms with Crippen LogP contribution in [0.3, 0.4) is 0 Å². The number of carbonyl (C=O) groups is 1. The number of ether oxygens (including phenoxy) is 1. The number of unbranched alkanes of at least 4 members (excludes halogenated alkanes) is 4. The fourth-order valence-electron chi connectivity index (χ4n) is 1.60. The molecule has 4 nitrogen and oxygen atoms in total. The van der Waals surface area contributed by atoms with Gasteiger partial charge < -0.3 is 15.2 Å². The molecule has 0 radical (unpaired) electrons. The lowest BCUT2D eigenvalue weighted by molar-refractivity contribution is -0.120. The minimum atomic E-state index is -0.323. The van der Waals surface area contributed by atoms with Crippen LogP contribution in [0.1, 0.15) is 44.9 Å². The molecule has 0 saturated heterocycles. The number of rotatable bonds is 10. The highest BCUT2D eigenvalue weighted by atomic mass is 16.5. The summed E-state index contributed by atoms with van der Waals surface area (Å²) in [6, 6.07) is 0. The van der Waals surface area contributed by atoms with Gasteiger partial charge in [0.05, 0.1) is 12.7 Å². The predicted octanol–water partition coefficient (Wildman–Crippen LogP) is 1.47. The average molecular weight is 231 g/mol. The van der Waals surface area contributed by atoms with Gasteiger partial charge in [-0.25, -0.2) is 0 Å². The van der Waals surface area contributed by atoms with E-state index in [2.05, 4.69) is 5.32 Å². The molecule has 0 aromatic rings. The maximum Gasteiger partial charge on any atom is 0.219 e. The van der Waals surface area contributed by atoms with E-state index in [4.69, 9.17) is 4.74 Å². The van der Waals surface area contributed by atoms with E-state index >= 15 is 0 Å². The third-order valence-electron chi connectivity index (χ3n) is 2.58. The molecular weight excluding hydrogens is 206 g/mol. The average Bonchev–Trinajstić information content (AvgIpc) is 2.27. The van der Waals surface area contributed by atoms with Crippen molar-refractivity contribution < 1.29 is 14.6 Å². The van der Waals surface area contributed by atoms with Crippen LogP contribution in [-0.2, 0) is 9.53 Å². The molecule has 0 aliphatic heterocycles. The van der Waals surface area contributed by atoms with Crippen LogP contribution >= 0.6 is 0 Å². The molecular formula is C12H25NO3. The number of carbonyl (C=O) groups excluding carboxylic acids is 1. The van der Waals surface area contributed by atoms with Gasteiger partial charge in [-0.1, -0.05) is 25.7 Å². The van der Waals surface area contributed by atoms with Crippen LogP contribution in [0.25, 0.3) is 0 Å². The van der Waals surface area contributed by atoms with Crippen LogP contribution in [0.2, 0.25) is 0 Å². The van der Waals surface area contributed by atoms with Gasteiger partial charge in [0.1, 0.15) is 0 Å². The second-order valence-electron chi connectivity index (χ2n) is 4.09. The molecule has 1 atom stereocenters. The van der Waals surface area contributed by atoms with E-state index < -0.39 is 0 Å². The van der Waals surface area contributed by atoms with Crippen molar-refractivity contribution in [3.63, 3.8) is 0 Å². The third-order valence-corrected chi connectivity index (χ3v) is 2.58. The quantitative estimate of drug-likeness (QED) is 0.560. The summed E-state index contributed by atoms with van der Waals surface area (Å²) < 4.78 is 4.84. The molecule has 0 saturated carbocycles. The highest BCUT2D eigenvalue weighted by molar-refractivity contribution is 5.75. The number of nitrogens with one attached hydrogen (secondary N) is 1. The molecule has 0 aliphatic rings. The van der Waals surface area contributed by atoms with Crippen molar-refractivity contribution in [2.75, 3.05) is 20.8 Å². The van der Waals surface area contributed by atoms with E-state index in [1.54, 1.807) is 14.2 Å². The molecule has 96 valence electrons. The van der Waals surface area contributed by atoms with Gasteiger partial charge in [-0.3, -0.25) is 4.79 Å². The van der Waals surface area contributed by atoms with E-state index in [9.17, 15) is 9.90 Å². The Balaban J connectivity index is 3.12. The summed E-state index contributed by atoms with van der Waals surface area (Å²) in [6.45, 7) is 0.427. The molecule has 4 heteroatoms. The van der Waals surface area contributed by atoms with Crippen LogP contribution < -0.4 is 5.32 Å². The Labute approximate surface area is 98.4 Å². The predicted molar refractivity (Wildman–Crippen MR) is 64.3 cm³/mol. The number of aliphatic hydroxyl groups is 1. The van der Waals surface area contributed by atoms with E-state index in [0.29, 0.717) is 13.0 Å². The van der Waals surface area contributed by atoms with Crippen LogP contribution in [0.5, 0.6) is 0 Å². The fourth-order valence-corrected chi connectivity index (χ4v) is 1.60. The first-order valence-corrected chi connectivity index (χ1v) is 6.08. The Bertz CT molecular complexity index is 174. The first-order chi connectivity index (χ1) is 7.70. The number of amides is 1. The standard InChI is InChI=1S/C12H25NO3/c1-13-12(15)9-7-5-3-4-6-8-11(14)10-16-2/h11,14H,3-10H2,1-2H3,(H,13,15). The summed E-state index contributed by atoms with van der Waals surface area (Å²) in [4.78, 5) is 10.9. The molecule has 1 unspecified atom stereocenters. The molecule has 0 rings (SSSR count). The van der Waals surface area contributed by atoms with E-state index in [1.165, 1.54) is 0 Å². The van der Waals surface area contributed by atoms with Crippen molar-refractivity contribution in [3.8, 4) is 0 Å². The molecule has 0 bridgehead atoms. The summed E-state index contributed by atoms with van der Waals surface area (Å²) in [7, 11) is 3.27. The minimum absolute atomic E-state index is 0.121. The zero-order valence-corrected chi connectivity index (χ0v) is 10.5. The molecule has 0 aromatic carbocycles. The van der Waals surface area contributed by atoms with Gasteiger partial charge in [0.15, 0.2) is 0 Å². The summed E-state index contributed by atoms with van der Waals surface area (Å²) in [6.07, 6.45) is 6.45. The number of aliphatic hydroxyl groups excluding tert-OH is 1. The topological polar surface area (TPSA) is 58.6 Å². The molecule has 0 spiro atoms. The first kappa shape index (κ1) is 15.4. The van der Waals surface area contributed by atoms with Crippen molar-refractivity contribution in [2.24, 2.45) is 0 Å². The number of hydrogen-bond acceptors (Lipinski definition) is 3. The van der Waals surface area contributed by atoms with Gasteiger partial charge in [-0.2, -0.15) is 0 Å². The largest absolute Gasteiger partial charge is 0.391 e. The van der Waals surface area contributed by atoms with Crippen molar-refractivity contribution in [3.05, 3.63) is 0 Å². The molecule has 2 N–H and O–H groups in total. The highest BCUT2D eigenvalue weighted by Crippen LogP contribution is 2.08. The first-order valence-electron chi connectivity index (χ1n) is 6.08. The van der Waals surface area contributed by atoms with E-state index in [1.807, 2.05) is 0 Å². The Hall–Kier alpha value is -0.610. The summed E-state index contributed by atoms with van der Waals surface area (Å²) in [5.41, 5.74) is 0. The number of methoxy groups -OCH3 is 1. The Morgan fingerprint density at radius 2 is 1.88 bits per heavy atom. The normalized spacial score (nSPS) is 12.4. The van der Waals surface area contributed by atoms with Crippen LogP contribution in [-0.4, -0.2) is 37.9 Å². The zero-order chi connectivity index (χ0) is 12.2. The van der Waals surface area contributed by atoms with Crippen molar-refractivity contribution >= 4 is 5.91 Å². The van der Waals surface area contributed by atoms with Gasteiger partial charge in [0.25, 0.3) is 0 Å². The number of hydrogen-bond donors (Lipinski definition) is 2. The zero-order valence-electron chi connectivity index (χ0n) is 10.5. The third kappa shape index (κ3) is 9.93. The fraction of sp³-hybridized carbons (Fsp3) is 0.917. The second kappa shape index (κ2) is 10.9. The van der Waals surface area contributed by atoms with Gasteiger partial charge in [-0.05, 0) is 12.8 Å². The van der Waals surface area contributed by atoms with Gasteiger partial charge >= 0.3 is 0 Å². The lowest BCUT2D eigenvalue weighted by atomic mass is 10.1. The van der Waals surface area contributed by atoms with Gasteiger partial charge in [0, 0.05) is 20.6 Å². The maximum atomic E-state index is 10.9. The molecule has 0 aromatic heterocycles. The lowest BCUT2D eigenvalue weighted by Gasteiger charge is -2.08. The molecule has 0 aliphatic carbocycles. The van der Waals surface area contributed by atoms with Crippen molar-refractivity contribution in [2.45, 2.75) is 51.0 Å². The Morgan fingerprint density at radius 3 is 2.50 bits per heavy atom. The SMILES string of the molecule is CNC(=O)CCCCCCCC(O)COC. The maximum absolute atomic E-state index is 10.9.